The molecule has 5 rings (SSSR count). The highest BCUT2D eigenvalue weighted by molar-refractivity contribution is 5.79. The van der Waals surface area contributed by atoms with Crippen molar-refractivity contribution in [2.75, 3.05) is 26.2 Å². The number of aromatic nitrogens is 3. The van der Waals surface area contributed by atoms with E-state index in [0.29, 0.717) is 43.1 Å². The molecule has 3 aromatic rings. The topological polar surface area (TPSA) is 99.7 Å². The van der Waals surface area contributed by atoms with Crippen LogP contribution in [-0.4, -0.2) is 52.0 Å². The molecule has 1 atom stereocenters. The lowest BCUT2D eigenvalue weighted by Gasteiger charge is -2.31. The van der Waals surface area contributed by atoms with E-state index < -0.39 is 12.3 Å². The van der Waals surface area contributed by atoms with Crippen molar-refractivity contribution < 1.29 is 23.2 Å². The van der Waals surface area contributed by atoms with Gasteiger partial charge in [0.15, 0.2) is 17.5 Å². The summed E-state index contributed by atoms with van der Waals surface area (Å²) >= 11 is 0. The molecule has 4 heterocycles. The Morgan fingerprint density at radius 2 is 1.98 bits per heavy atom. The zero-order valence-corrected chi connectivity index (χ0v) is 23.5. The highest BCUT2D eigenvalue weighted by Crippen LogP contribution is 2.33. The molecule has 1 fully saturated rings. The summed E-state index contributed by atoms with van der Waals surface area (Å²) in [7, 11) is 0. The Morgan fingerprint density at radius 3 is 2.77 bits per heavy atom. The van der Waals surface area contributed by atoms with Gasteiger partial charge in [0.2, 0.25) is 0 Å². The quantitative estimate of drug-likeness (QED) is 0.228. The summed E-state index contributed by atoms with van der Waals surface area (Å²) in [5.41, 5.74) is 2.75. The Labute approximate surface area is 233 Å². The molecule has 2 aliphatic heterocycles. The van der Waals surface area contributed by atoms with Gasteiger partial charge >= 0.3 is 6.16 Å². The molecule has 1 unspecified atom stereocenters. The first-order chi connectivity index (χ1) is 19.4. The summed E-state index contributed by atoms with van der Waals surface area (Å²) in [6.07, 6.45) is 6.64. The van der Waals surface area contributed by atoms with Gasteiger partial charge in [0.05, 0.1) is 12.3 Å². The lowest BCUT2D eigenvalue weighted by Crippen LogP contribution is -2.38. The lowest BCUT2D eigenvalue weighted by molar-refractivity contribution is 0.00898. The number of ether oxygens (including phenoxy) is 2. The first kappa shape index (κ1) is 28.3. The SMILES string of the molecule is CCCCCCOC(=O)OC1CCCn2c1nc(C)c(CCN1CCC(c3noc4cc(F)ccc34)CC1)c2=O. The van der Waals surface area contributed by atoms with Gasteiger partial charge in [-0.2, -0.15) is 0 Å². The van der Waals surface area contributed by atoms with E-state index in [-0.39, 0.29) is 17.3 Å². The van der Waals surface area contributed by atoms with Crippen molar-refractivity contribution in [3.05, 3.63) is 57.1 Å². The molecule has 9 nitrogen and oxygen atoms in total. The second-order valence-electron chi connectivity index (χ2n) is 11.0. The maximum absolute atomic E-state index is 13.5. The fraction of sp³-hybridized carbons (Fsp3) is 0.600. The van der Waals surface area contributed by atoms with Crippen molar-refractivity contribution in [1.82, 2.24) is 19.6 Å². The molecule has 0 radical (unpaired) electrons. The van der Waals surface area contributed by atoms with Gasteiger partial charge in [0, 0.05) is 41.7 Å². The number of aryl methyl sites for hydroxylation is 1. The number of halogens is 1. The monoisotopic (exact) mass is 554 g/mol. The van der Waals surface area contributed by atoms with Gasteiger partial charge < -0.3 is 18.9 Å². The molecule has 2 aromatic heterocycles. The van der Waals surface area contributed by atoms with E-state index in [0.717, 1.165) is 81.2 Å². The Bertz CT molecular complexity index is 1380. The van der Waals surface area contributed by atoms with Gasteiger partial charge in [0.25, 0.3) is 5.56 Å². The summed E-state index contributed by atoms with van der Waals surface area (Å²) in [4.78, 5) is 32.8. The minimum absolute atomic E-state index is 0.0417. The van der Waals surface area contributed by atoms with E-state index in [1.165, 1.54) is 12.1 Å². The molecule has 40 heavy (non-hydrogen) atoms. The number of benzene rings is 1. The third-order valence-electron chi connectivity index (χ3n) is 8.21. The van der Waals surface area contributed by atoms with Crippen molar-refractivity contribution in [3.63, 3.8) is 0 Å². The van der Waals surface area contributed by atoms with Crippen LogP contribution in [0.25, 0.3) is 11.0 Å². The van der Waals surface area contributed by atoms with E-state index in [1.54, 1.807) is 10.6 Å². The summed E-state index contributed by atoms with van der Waals surface area (Å²) in [6, 6.07) is 4.57. The van der Waals surface area contributed by atoms with Crippen molar-refractivity contribution in [3.8, 4) is 0 Å². The van der Waals surface area contributed by atoms with Crippen LogP contribution in [0.5, 0.6) is 0 Å². The third kappa shape index (κ3) is 6.37. The summed E-state index contributed by atoms with van der Waals surface area (Å²) in [5, 5.41) is 5.12. The smallest absolute Gasteiger partial charge is 0.434 e. The second-order valence-corrected chi connectivity index (χ2v) is 11.0. The van der Waals surface area contributed by atoms with Crippen LogP contribution in [-0.2, 0) is 22.4 Å². The Kier molecular flexibility index (Phi) is 9.14. The molecule has 0 aliphatic carbocycles. The summed E-state index contributed by atoms with van der Waals surface area (Å²) < 4.78 is 31.4. The number of nitrogens with zero attached hydrogens (tertiary/aromatic N) is 4. The fourth-order valence-electron chi connectivity index (χ4n) is 5.91. The molecule has 0 N–H and O–H groups in total. The fourth-order valence-corrected chi connectivity index (χ4v) is 5.91. The Hall–Kier alpha value is -3.27. The maximum atomic E-state index is 13.5. The van der Waals surface area contributed by atoms with E-state index in [9.17, 15) is 14.0 Å². The second kappa shape index (κ2) is 12.9. The maximum Gasteiger partial charge on any atom is 0.508 e. The van der Waals surface area contributed by atoms with Crippen LogP contribution in [0, 0.1) is 12.7 Å². The number of carbonyl (C=O) groups excluding carboxylic acids is 1. The van der Waals surface area contributed by atoms with Crippen LogP contribution in [0.15, 0.2) is 27.5 Å². The predicted octanol–water partition coefficient (Wildman–Crippen LogP) is 5.82. The van der Waals surface area contributed by atoms with E-state index >= 15 is 0 Å². The first-order valence-corrected chi connectivity index (χ1v) is 14.7. The molecular formula is C30H39FN4O5. The highest BCUT2D eigenvalue weighted by Gasteiger charge is 2.29. The molecule has 10 heteroatoms. The number of piperidine rings is 1. The van der Waals surface area contributed by atoms with Crippen LogP contribution >= 0.6 is 0 Å². The molecule has 1 saturated heterocycles. The first-order valence-electron chi connectivity index (χ1n) is 14.7. The molecule has 0 amide bonds. The standard InChI is InChI=1S/C30H39FN4O5/c1-3-4-5-6-18-38-30(37)39-25-8-7-14-35-28(25)32-20(2)23(29(35)36)13-17-34-15-11-21(12-16-34)27-24-10-9-22(31)19-26(24)40-33-27/h9-10,19,21,25H,3-8,11-18H2,1-2H3. The van der Waals surface area contributed by atoms with Crippen molar-refractivity contribution in [2.45, 2.75) is 90.2 Å². The molecule has 1 aromatic carbocycles. The van der Waals surface area contributed by atoms with Crippen LogP contribution in [0.1, 0.15) is 93.1 Å². The molecule has 0 bridgehead atoms. The largest absolute Gasteiger partial charge is 0.508 e. The van der Waals surface area contributed by atoms with Crippen molar-refractivity contribution in [2.24, 2.45) is 0 Å². The van der Waals surface area contributed by atoms with E-state index in [4.69, 9.17) is 19.0 Å². The van der Waals surface area contributed by atoms with Gasteiger partial charge in [-0.3, -0.25) is 9.36 Å². The number of likely N-dealkylation sites (tertiary alicyclic amines) is 1. The average Bonchev–Trinajstić information content (AvgIpc) is 3.36. The molecular weight excluding hydrogens is 515 g/mol. The van der Waals surface area contributed by atoms with Crippen molar-refractivity contribution >= 4 is 17.1 Å². The number of unbranched alkanes of at least 4 members (excludes halogenated alkanes) is 3. The Balaban J connectivity index is 1.16. The van der Waals surface area contributed by atoms with Crippen LogP contribution in [0.3, 0.4) is 0 Å². The highest BCUT2D eigenvalue weighted by atomic mass is 19.1. The van der Waals surface area contributed by atoms with E-state index in [1.807, 2.05) is 6.92 Å². The molecule has 2 aliphatic rings. The minimum atomic E-state index is -0.694. The van der Waals surface area contributed by atoms with Crippen LogP contribution in [0.4, 0.5) is 9.18 Å². The van der Waals surface area contributed by atoms with Gasteiger partial charge in [-0.1, -0.05) is 31.3 Å². The van der Waals surface area contributed by atoms with Crippen LogP contribution < -0.4 is 5.56 Å². The van der Waals surface area contributed by atoms with E-state index in [2.05, 4.69) is 17.0 Å². The Morgan fingerprint density at radius 1 is 1.15 bits per heavy atom. The normalized spacial score (nSPS) is 18.1. The van der Waals surface area contributed by atoms with Crippen molar-refractivity contribution in [1.29, 1.82) is 0 Å². The molecule has 0 spiro atoms. The number of carbonyl (C=O) groups is 1. The minimum Gasteiger partial charge on any atom is -0.434 e. The zero-order chi connectivity index (χ0) is 28.1. The summed E-state index contributed by atoms with van der Waals surface area (Å²) in [5.74, 6) is 0.452. The molecule has 0 saturated carbocycles. The number of hydrogen-bond donors (Lipinski definition) is 0. The zero-order valence-electron chi connectivity index (χ0n) is 23.5. The third-order valence-corrected chi connectivity index (χ3v) is 8.21. The number of rotatable bonds is 10. The number of hydrogen-bond acceptors (Lipinski definition) is 8. The van der Waals surface area contributed by atoms with Gasteiger partial charge in [-0.25, -0.2) is 14.2 Å². The number of fused-ring (bicyclic) bond motifs is 2. The van der Waals surface area contributed by atoms with Gasteiger partial charge in [-0.15, -0.1) is 0 Å². The lowest BCUT2D eigenvalue weighted by atomic mass is 9.91. The van der Waals surface area contributed by atoms with Gasteiger partial charge in [0.1, 0.15) is 5.82 Å². The summed E-state index contributed by atoms with van der Waals surface area (Å²) in [6.45, 7) is 7.44. The average molecular weight is 555 g/mol. The predicted molar refractivity (Wildman–Crippen MR) is 148 cm³/mol. The molecule has 216 valence electrons. The van der Waals surface area contributed by atoms with Crippen LogP contribution in [0.2, 0.25) is 0 Å². The van der Waals surface area contributed by atoms with Gasteiger partial charge in [-0.05, 0) is 70.7 Å².